The summed E-state index contributed by atoms with van der Waals surface area (Å²) in [5.74, 6) is -0.0946. The molecule has 4 nitrogen and oxygen atoms in total. The lowest BCUT2D eigenvalue weighted by Crippen LogP contribution is -2.43. The van der Waals surface area contributed by atoms with Gasteiger partial charge in [0.2, 0.25) is 0 Å². The Kier molecular flexibility index (Phi) is 6.58. The van der Waals surface area contributed by atoms with Crippen LogP contribution in [0.3, 0.4) is 0 Å². The topological polar surface area (TPSA) is 44.8 Å². The standard InChI is InChI=1S/C26H28O4/c1-3-10-20-21-17-24(28-2)30-26(19-13-8-5-9-14-19)25(18-11-6-4-7-12-18)29-23(21)16-15-22(20)27/h3-9,11-16,20-21,23-26H,1,10,17H2,2H3/t20-,21-,23+,24-,25-,26-/m1/s1. The molecule has 1 aliphatic carbocycles. The molecule has 2 aliphatic rings. The minimum Gasteiger partial charge on any atom is -0.363 e. The van der Waals surface area contributed by atoms with Crippen molar-refractivity contribution in [3.8, 4) is 0 Å². The second kappa shape index (κ2) is 9.52. The number of methoxy groups -OCH3 is 1. The average molecular weight is 405 g/mol. The van der Waals surface area contributed by atoms with E-state index in [0.717, 1.165) is 11.1 Å². The van der Waals surface area contributed by atoms with Gasteiger partial charge >= 0.3 is 0 Å². The van der Waals surface area contributed by atoms with E-state index in [1.807, 2.05) is 48.6 Å². The zero-order valence-corrected chi connectivity index (χ0v) is 17.2. The molecule has 0 saturated carbocycles. The van der Waals surface area contributed by atoms with Crippen LogP contribution >= 0.6 is 0 Å². The molecule has 0 radical (unpaired) electrons. The molecule has 1 saturated heterocycles. The summed E-state index contributed by atoms with van der Waals surface area (Å²) < 4.78 is 18.9. The molecule has 0 N–H and O–H groups in total. The second-order valence-electron chi connectivity index (χ2n) is 7.86. The molecule has 4 rings (SSSR count). The van der Waals surface area contributed by atoms with Gasteiger partial charge in [0.05, 0.1) is 6.10 Å². The summed E-state index contributed by atoms with van der Waals surface area (Å²) in [5.41, 5.74) is 2.07. The van der Waals surface area contributed by atoms with E-state index in [1.54, 1.807) is 13.2 Å². The monoisotopic (exact) mass is 404 g/mol. The maximum Gasteiger partial charge on any atom is 0.159 e. The minimum atomic E-state index is -0.440. The van der Waals surface area contributed by atoms with Crippen LogP contribution in [0.1, 0.15) is 36.2 Å². The number of allylic oxidation sites excluding steroid dienone is 2. The highest BCUT2D eigenvalue weighted by molar-refractivity contribution is 5.93. The van der Waals surface area contributed by atoms with Crippen LogP contribution in [0, 0.1) is 11.8 Å². The third-order valence-electron chi connectivity index (χ3n) is 6.04. The Morgan fingerprint density at radius 1 is 1.00 bits per heavy atom. The van der Waals surface area contributed by atoms with Crippen molar-refractivity contribution in [3.05, 3.63) is 96.6 Å². The van der Waals surface area contributed by atoms with Gasteiger partial charge in [0.25, 0.3) is 0 Å². The van der Waals surface area contributed by atoms with Crippen molar-refractivity contribution < 1.29 is 19.0 Å². The van der Waals surface area contributed by atoms with Gasteiger partial charge in [-0.25, -0.2) is 0 Å². The smallest absolute Gasteiger partial charge is 0.159 e. The maximum absolute atomic E-state index is 12.6. The fourth-order valence-corrected chi connectivity index (χ4v) is 4.51. The first-order valence-electron chi connectivity index (χ1n) is 10.5. The molecular weight excluding hydrogens is 376 g/mol. The van der Waals surface area contributed by atoms with E-state index < -0.39 is 6.29 Å². The Hall–Kier alpha value is -2.53. The Balaban J connectivity index is 1.77. The first kappa shape index (κ1) is 20.7. The minimum absolute atomic E-state index is 0.0339. The Labute approximate surface area is 178 Å². The number of ketones is 1. The molecule has 1 aliphatic heterocycles. The first-order valence-corrected chi connectivity index (χ1v) is 10.5. The fraction of sp³-hybridized carbons (Fsp3) is 0.346. The summed E-state index contributed by atoms with van der Waals surface area (Å²) in [6.45, 7) is 3.84. The average Bonchev–Trinajstić information content (AvgIpc) is 2.78. The van der Waals surface area contributed by atoms with Gasteiger partial charge in [-0.05, 0) is 23.6 Å². The zero-order chi connectivity index (χ0) is 20.9. The number of benzene rings is 2. The lowest BCUT2D eigenvalue weighted by molar-refractivity contribution is -0.233. The van der Waals surface area contributed by atoms with Gasteiger partial charge in [-0.15, -0.1) is 6.58 Å². The predicted molar refractivity (Wildman–Crippen MR) is 116 cm³/mol. The van der Waals surface area contributed by atoms with E-state index in [1.165, 1.54) is 0 Å². The normalized spacial score (nSPS) is 31.4. The van der Waals surface area contributed by atoms with Crippen molar-refractivity contribution in [2.45, 2.75) is 37.4 Å². The Morgan fingerprint density at radius 2 is 1.60 bits per heavy atom. The number of carbonyl (C=O) groups excluding carboxylic acids is 1. The zero-order valence-electron chi connectivity index (χ0n) is 17.2. The first-order chi connectivity index (χ1) is 14.7. The van der Waals surface area contributed by atoms with Crippen LogP contribution in [0.25, 0.3) is 0 Å². The number of hydrogen-bond donors (Lipinski definition) is 0. The molecule has 0 unspecified atom stereocenters. The summed E-state index contributed by atoms with van der Waals surface area (Å²) in [5, 5.41) is 0. The fourth-order valence-electron chi connectivity index (χ4n) is 4.51. The third kappa shape index (κ3) is 4.31. The van der Waals surface area contributed by atoms with Gasteiger partial charge in [0.15, 0.2) is 12.1 Å². The Bertz CT molecular complexity index is 876. The van der Waals surface area contributed by atoms with Crippen molar-refractivity contribution >= 4 is 5.78 Å². The molecule has 2 aromatic carbocycles. The highest BCUT2D eigenvalue weighted by Gasteiger charge is 2.43. The van der Waals surface area contributed by atoms with Crippen molar-refractivity contribution in [2.24, 2.45) is 11.8 Å². The number of carbonyl (C=O) groups is 1. The van der Waals surface area contributed by atoms with E-state index in [-0.39, 0.29) is 35.9 Å². The highest BCUT2D eigenvalue weighted by atomic mass is 16.7. The van der Waals surface area contributed by atoms with Gasteiger partial charge < -0.3 is 14.2 Å². The largest absolute Gasteiger partial charge is 0.363 e. The molecular formula is C26H28O4. The number of ether oxygens (including phenoxy) is 3. The van der Waals surface area contributed by atoms with E-state index in [4.69, 9.17) is 14.2 Å². The van der Waals surface area contributed by atoms with Crippen LogP contribution in [-0.2, 0) is 19.0 Å². The van der Waals surface area contributed by atoms with Crippen molar-refractivity contribution in [1.82, 2.24) is 0 Å². The van der Waals surface area contributed by atoms with Crippen LogP contribution in [0.2, 0.25) is 0 Å². The van der Waals surface area contributed by atoms with Gasteiger partial charge in [-0.2, -0.15) is 0 Å². The number of rotatable bonds is 5. The van der Waals surface area contributed by atoms with Crippen LogP contribution < -0.4 is 0 Å². The maximum atomic E-state index is 12.6. The van der Waals surface area contributed by atoms with Gasteiger partial charge in [0, 0.05) is 25.4 Å². The molecule has 0 spiro atoms. The molecule has 2 aromatic rings. The molecule has 0 amide bonds. The lowest BCUT2D eigenvalue weighted by Gasteiger charge is -2.42. The second-order valence-corrected chi connectivity index (χ2v) is 7.86. The predicted octanol–water partition coefficient (Wildman–Crippen LogP) is 5.19. The van der Waals surface area contributed by atoms with E-state index >= 15 is 0 Å². The molecule has 1 heterocycles. The quantitative estimate of drug-likeness (QED) is 0.643. The van der Waals surface area contributed by atoms with E-state index in [9.17, 15) is 4.79 Å². The number of hydrogen-bond acceptors (Lipinski definition) is 4. The van der Waals surface area contributed by atoms with Gasteiger partial charge in [-0.3, -0.25) is 4.79 Å². The summed E-state index contributed by atoms with van der Waals surface area (Å²) >= 11 is 0. The summed E-state index contributed by atoms with van der Waals surface area (Å²) in [6.07, 6.45) is 5.27. The van der Waals surface area contributed by atoms with Crippen LogP contribution in [0.5, 0.6) is 0 Å². The summed E-state index contributed by atoms with van der Waals surface area (Å²) in [7, 11) is 1.66. The van der Waals surface area contributed by atoms with E-state index in [0.29, 0.717) is 12.8 Å². The molecule has 0 aromatic heterocycles. The van der Waals surface area contributed by atoms with Gasteiger partial charge in [-0.1, -0.05) is 72.8 Å². The highest BCUT2D eigenvalue weighted by Crippen LogP contribution is 2.44. The SMILES string of the molecule is C=CC[C@H]1C(=O)C=C[C@@H]2O[C@H](c3ccccc3)[C@@H](c3ccccc3)O[C@@H](OC)C[C@@H]21. The van der Waals surface area contributed by atoms with Crippen molar-refractivity contribution in [1.29, 1.82) is 0 Å². The van der Waals surface area contributed by atoms with Gasteiger partial charge in [0.1, 0.15) is 12.2 Å². The number of fused-ring (bicyclic) bond motifs is 1. The third-order valence-corrected chi connectivity index (χ3v) is 6.04. The van der Waals surface area contributed by atoms with Crippen molar-refractivity contribution in [2.75, 3.05) is 7.11 Å². The molecule has 0 bridgehead atoms. The van der Waals surface area contributed by atoms with Crippen LogP contribution in [0.15, 0.2) is 85.5 Å². The molecule has 30 heavy (non-hydrogen) atoms. The molecule has 1 fully saturated rings. The molecule has 156 valence electrons. The molecule has 4 heteroatoms. The Morgan fingerprint density at radius 3 is 2.17 bits per heavy atom. The van der Waals surface area contributed by atoms with Crippen LogP contribution in [-0.4, -0.2) is 25.3 Å². The van der Waals surface area contributed by atoms with Crippen molar-refractivity contribution in [3.63, 3.8) is 0 Å². The summed E-state index contributed by atoms with van der Waals surface area (Å²) in [4.78, 5) is 12.6. The summed E-state index contributed by atoms with van der Waals surface area (Å²) in [6, 6.07) is 20.2. The van der Waals surface area contributed by atoms with Crippen LogP contribution in [0.4, 0.5) is 0 Å². The van der Waals surface area contributed by atoms with E-state index in [2.05, 4.69) is 30.8 Å². The molecule has 6 atom stereocenters. The lowest BCUT2D eigenvalue weighted by atomic mass is 9.76.